The highest BCUT2D eigenvalue weighted by Gasteiger charge is 2.29. The summed E-state index contributed by atoms with van der Waals surface area (Å²) in [4.78, 5) is 4.27. The van der Waals surface area contributed by atoms with Crippen LogP contribution < -0.4 is 5.73 Å². The van der Waals surface area contributed by atoms with Gasteiger partial charge >= 0.3 is 0 Å². The highest BCUT2D eigenvalue weighted by Crippen LogP contribution is 2.44. The predicted octanol–water partition coefficient (Wildman–Crippen LogP) is 3.29. The molecule has 22 heavy (non-hydrogen) atoms. The maximum absolute atomic E-state index is 9.43. The zero-order valence-electron chi connectivity index (χ0n) is 12.1. The summed E-state index contributed by atoms with van der Waals surface area (Å²) < 4.78 is 5.36. The normalized spacial score (nSPS) is 14.8. The predicted molar refractivity (Wildman–Crippen MR) is 82.9 cm³/mol. The van der Waals surface area contributed by atoms with E-state index < -0.39 is 0 Å². The molecule has 0 atom stereocenters. The van der Waals surface area contributed by atoms with E-state index in [2.05, 4.69) is 17.1 Å². The number of pyridine rings is 1. The van der Waals surface area contributed by atoms with Gasteiger partial charge in [-0.05, 0) is 48.8 Å². The second-order valence-corrected chi connectivity index (χ2v) is 5.02. The largest absolute Gasteiger partial charge is 0.465 e. The number of furan rings is 1. The average molecular weight is 288 g/mol. The van der Waals surface area contributed by atoms with E-state index in [1.165, 1.54) is 0 Å². The number of nitrogen functional groups attached to an aromatic ring is 1. The first-order valence-electron chi connectivity index (χ1n) is 6.66. The first-order valence-corrected chi connectivity index (χ1v) is 6.66. The molecular formula is C17H12N4O. The molecule has 0 aromatic carbocycles. The van der Waals surface area contributed by atoms with Crippen molar-refractivity contribution in [1.82, 2.24) is 4.98 Å². The molecule has 0 spiro atoms. The van der Waals surface area contributed by atoms with Crippen molar-refractivity contribution < 1.29 is 4.42 Å². The molecule has 1 aliphatic carbocycles. The molecule has 0 saturated heterocycles. The topological polar surface area (TPSA) is 99.6 Å². The van der Waals surface area contributed by atoms with Crippen LogP contribution in [0.5, 0.6) is 0 Å². The first kappa shape index (κ1) is 13.7. The molecule has 0 radical (unpaired) electrons. The number of nitriles is 2. The third kappa shape index (κ3) is 1.81. The Bertz CT molecular complexity index is 919. The number of nitrogens with two attached hydrogens (primary N) is 1. The Morgan fingerprint density at radius 3 is 2.64 bits per heavy atom. The quantitative estimate of drug-likeness (QED) is 0.867. The van der Waals surface area contributed by atoms with Crippen molar-refractivity contribution in [2.24, 2.45) is 0 Å². The fraction of sp³-hybridized carbons (Fsp3) is 0.118. The van der Waals surface area contributed by atoms with Crippen LogP contribution in [-0.4, -0.2) is 4.98 Å². The summed E-state index contributed by atoms with van der Waals surface area (Å²) in [6.07, 6.45) is 3.44. The molecule has 0 amide bonds. The van der Waals surface area contributed by atoms with Crippen LogP contribution in [0.25, 0.3) is 17.2 Å². The number of allylic oxidation sites excluding steroid dienone is 3. The molecule has 2 aromatic heterocycles. The van der Waals surface area contributed by atoms with E-state index in [4.69, 9.17) is 10.2 Å². The Morgan fingerprint density at radius 2 is 2.05 bits per heavy atom. The van der Waals surface area contributed by atoms with Gasteiger partial charge in [-0.1, -0.05) is 0 Å². The van der Waals surface area contributed by atoms with E-state index in [9.17, 15) is 10.5 Å². The summed E-state index contributed by atoms with van der Waals surface area (Å²) in [7, 11) is 0. The van der Waals surface area contributed by atoms with Gasteiger partial charge in [0.25, 0.3) is 0 Å². The van der Waals surface area contributed by atoms with Gasteiger partial charge in [-0.3, -0.25) is 0 Å². The van der Waals surface area contributed by atoms with Crippen LogP contribution in [0.2, 0.25) is 0 Å². The fourth-order valence-electron chi connectivity index (χ4n) is 2.71. The standard InChI is InChI=1S/C17H12N4O/c1-9-12(6-11-4-3-5-22-11)15-10(2)14(8-19)17(20)21-16(15)13(9)7-18/h3-6H,1-2H3,(H2,20,21). The third-order valence-electron chi connectivity index (χ3n) is 3.81. The third-order valence-corrected chi connectivity index (χ3v) is 3.81. The highest BCUT2D eigenvalue weighted by atomic mass is 16.3. The summed E-state index contributed by atoms with van der Waals surface area (Å²) in [6.45, 7) is 3.68. The lowest BCUT2D eigenvalue weighted by Gasteiger charge is -2.10. The van der Waals surface area contributed by atoms with Gasteiger partial charge in [0.15, 0.2) is 0 Å². The Morgan fingerprint density at radius 1 is 1.27 bits per heavy atom. The van der Waals surface area contributed by atoms with E-state index in [0.717, 1.165) is 22.3 Å². The molecule has 3 rings (SSSR count). The van der Waals surface area contributed by atoms with Gasteiger partial charge in [-0.15, -0.1) is 0 Å². The van der Waals surface area contributed by atoms with E-state index in [1.54, 1.807) is 12.3 Å². The Hall–Kier alpha value is -3.31. The smallest absolute Gasteiger partial charge is 0.142 e. The number of anilines is 1. The lowest BCUT2D eigenvalue weighted by atomic mass is 9.96. The summed E-state index contributed by atoms with van der Waals surface area (Å²) >= 11 is 0. The summed E-state index contributed by atoms with van der Waals surface area (Å²) in [5.41, 5.74) is 10.3. The molecule has 2 N–H and O–H groups in total. The number of nitrogens with zero attached hydrogens (tertiary/aromatic N) is 3. The SMILES string of the molecule is CC1=C(C#N)c2nc(N)c(C#N)c(C)c2C1=Cc1ccco1. The van der Waals surface area contributed by atoms with Crippen LogP contribution in [0.4, 0.5) is 5.82 Å². The van der Waals surface area contributed by atoms with Crippen molar-refractivity contribution in [2.75, 3.05) is 5.73 Å². The molecule has 2 heterocycles. The van der Waals surface area contributed by atoms with Gasteiger partial charge in [-0.2, -0.15) is 10.5 Å². The van der Waals surface area contributed by atoms with Crippen molar-refractivity contribution in [3.8, 4) is 12.1 Å². The van der Waals surface area contributed by atoms with Gasteiger partial charge < -0.3 is 10.2 Å². The van der Waals surface area contributed by atoms with Crippen LogP contribution in [0.3, 0.4) is 0 Å². The Kier molecular flexibility index (Phi) is 3.05. The summed E-state index contributed by atoms with van der Waals surface area (Å²) in [5.74, 6) is 0.827. The second kappa shape index (κ2) is 4.91. The van der Waals surface area contributed by atoms with Gasteiger partial charge in [0.2, 0.25) is 0 Å². The Labute approximate surface area is 127 Å². The van der Waals surface area contributed by atoms with Gasteiger partial charge in [0, 0.05) is 5.56 Å². The zero-order chi connectivity index (χ0) is 15.9. The monoisotopic (exact) mass is 288 g/mol. The Balaban J connectivity index is 2.36. The maximum Gasteiger partial charge on any atom is 0.142 e. The van der Waals surface area contributed by atoms with E-state index in [0.29, 0.717) is 22.6 Å². The second-order valence-electron chi connectivity index (χ2n) is 5.02. The molecule has 0 saturated carbocycles. The number of rotatable bonds is 1. The molecular weight excluding hydrogens is 276 g/mol. The van der Waals surface area contributed by atoms with E-state index in [1.807, 2.05) is 26.0 Å². The molecule has 5 heteroatoms. The van der Waals surface area contributed by atoms with Crippen molar-refractivity contribution >= 4 is 23.0 Å². The van der Waals surface area contributed by atoms with Gasteiger partial charge in [0.05, 0.1) is 23.1 Å². The van der Waals surface area contributed by atoms with Crippen molar-refractivity contribution in [1.29, 1.82) is 10.5 Å². The number of hydrogen-bond acceptors (Lipinski definition) is 5. The minimum Gasteiger partial charge on any atom is -0.465 e. The van der Waals surface area contributed by atoms with Crippen molar-refractivity contribution in [3.05, 3.63) is 52.1 Å². The van der Waals surface area contributed by atoms with E-state index in [-0.39, 0.29) is 5.82 Å². The average Bonchev–Trinajstić information content (AvgIpc) is 3.07. The highest BCUT2D eigenvalue weighted by molar-refractivity contribution is 6.08. The van der Waals surface area contributed by atoms with Crippen LogP contribution in [0.15, 0.2) is 28.4 Å². The lowest BCUT2D eigenvalue weighted by molar-refractivity contribution is 0.557. The minimum atomic E-state index is 0.151. The first-order chi connectivity index (χ1) is 10.6. The van der Waals surface area contributed by atoms with Crippen LogP contribution in [0, 0.1) is 29.6 Å². The molecule has 2 aromatic rings. The molecule has 0 bridgehead atoms. The van der Waals surface area contributed by atoms with Crippen LogP contribution >= 0.6 is 0 Å². The van der Waals surface area contributed by atoms with Crippen LogP contribution in [-0.2, 0) is 0 Å². The van der Waals surface area contributed by atoms with Crippen LogP contribution in [0.1, 0.15) is 35.1 Å². The zero-order valence-corrected chi connectivity index (χ0v) is 12.1. The summed E-state index contributed by atoms with van der Waals surface area (Å²) in [6, 6.07) is 7.88. The fourth-order valence-corrected chi connectivity index (χ4v) is 2.71. The minimum absolute atomic E-state index is 0.151. The van der Waals surface area contributed by atoms with Crippen molar-refractivity contribution in [2.45, 2.75) is 13.8 Å². The van der Waals surface area contributed by atoms with Crippen molar-refractivity contribution in [3.63, 3.8) is 0 Å². The molecule has 0 fully saturated rings. The molecule has 0 aliphatic heterocycles. The number of aromatic nitrogens is 1. The lowest BCUT2D eigenvalue weighted by Crippen LogP contribution is -2.03. The maximum atomic E-state index is 9.43. The molecule has 5 nitrogen and oxygen atoms in total. The van der Waals surface area contributed by atoms with E-state index >= 15 is 0 Å². The molecule has 1 aliphatic rings. The molecule has 0 unspecified atom stereocenters. The number of fused-ring (bicyclic) bond motifs is 1. The number of hydrogen-bond donors (Lipinski definition) is 1. The van der Waals surface area contributed by atoms with Gasteiger partial charge in [-0.25, -0.2) is 4.98 Å². The summed E-state index contributed by atoms with van der Waals surface area (Å²) in [5, 5.41) is 18.7. The van der Waals surface area contributed by atoms with Gasteiger partial charge in [0.1, 0.15) is 23.7 Å². The molecule has 106 valence electrons.